The van der Waals surface area contributed by atoms with E-state index in [0.29, 0.717) is 18.9 Å². The molecule has 2 rings (SSSR count). The van der Waals surface area contributed by atoms with Gasteiger partial charge >= 0.3 is 0 Å². The van der Waals surface area contributed by atoms with E-state index in [-0.39, 0.29) is 18.4 Å². The first-order valence-corrected chi connectivity index (χ1v) is 8.12. The number of halogens is 1. The van der Waals surface area contributed by atoms with Crippen molar-refractivity contribution >= 4 is 12.4 Å². The Morgan fingerprint density at radius 3 is 2.41 bits per heavy atom. The molecule has 1 saturated carbocycles. The van der Waals surface area contributed by atoms with Crippen molar-refractivity contribution in [3.8, 4) is 0 Å². The lowest BCUT2D eigenvalue weighted by Gasteiger charge is -2.29. The van der Waals surface area contributed by atoms with E-state index in [1.807, 2.05) is 30.3 Å². The van der Waals surface area contributed by atoms with E-state index in [1.165, 1.54) is 32.1 Å². The second-order valence-electron chi connectivity index (χ2n) is 6.38. The summed E-state index contributed by atoms with van der Waals surface area (Å²) in [4.78, 5) is 0. The molecular weight excluding hydrogens is 298 g/mol. The molecule has 0 radical (unpaired) electrons. The van der Waals surface area contributed by atoms with E-state index in [2.05, 4.69) is 0 Å². The van der Waals surface area contributed by atoms with Crippen LogP contribution in [-0.2, 0) is 6.42 Å². The molecule has 5 heteroatoms. The van der Waals surface area contributed by atoms with Crippen molar-refractivity contribution in [3.63, 3.8) is 0 Å². The van der Waals surface area contributed by atoms with E-state index in [0.717, 1.165) is 12.1 Å². The van der Waals surface area contributed by atoms with Gasteiger partial charge in [-0.2, -0.15) is 0 Å². The highest BCUT2D eigenvalue weighted by atomic mass is 35.5. The van der Waals surface area contributed by atoms with Crippen LogP contribution in [0.25, 0.3) is 0 Å². The molecule has 1 aromatic carbocycles. The van der Waals surface area contributed by atoms with Gasteiger partial charge in [-0.15, -0.1) is 12.4 Å². The molecule has 0 spiro atoms. The van der Waals surface area contributed by atoms with Crippen LogP contribution in [0.1, 0.15) is 37.7 Å². The molecule has 126 valence electrons. The predicted molar refractivity (Wildman–Crippen MR) is 93.7 cm³/mol. The van der Waals surface area contributed by atoms with Crippen molar-refractivity contribution in [1.29, 1.82) is 0 Å². The van der Waals surface area contributed by atoms with Gasteiger partial charge in [0.2, 0.25) is 0 Å². The molecule has 5 N–H and O–H groups in total. The first-order chi connectivity index (χ1) is 10.1. The van der Waals surface area contributed by atoms with Gasteiger partial charge in [0.1, 0.15) is 0 Å². The Kier molecular flexibility index (Phi) is 8.98. The lowest BCUT2D eigenvalue weighted by atomic mass is 9.89. The fraction of sp³-hybridized carbons (Fsp3) is 0.647. The van der Waals surface area contributed by atoms with Gasteiger partial charge in [-0.05, 0) is 30.7 Å². The predicted octanol–water partition coefficient (Wildman–Crippen LogP) is 2.10. The van der Waals surface area contributed by atoms with Gasteiger partial charge in [0.05, 0.1) is 6.10 Å². The van der Waals surface area contributed by atoms with Crippen molar-refractivity contribution in [2.45, 2.75) is 50.7 Å². The molecule has 22 heavy (non-hydrogen) atoms. The third-order valence-electron chi connectivity index (χ3n) is 4.45. The smallest absolute Gasteiger partial charge is 0.0834 e. The number of benzene rings is 1. The number of hydrazine groups is 1. The van der Waals surface area contributed by atoms with Crippen LogP contribution in [0, 0.1) is 5.92 Å². The largest absolute Gasteiger partial charge is 0.390 e. The summed E-state index contributed by atoms with van der Waals surface area (Å²) in [5.74, 6) is 6.74. The zero-order valence-electron chi connectivity index (χ0n) is 13.2. The van der Waals surface area contributed by atoms with Crippen LogP contribution < -0.4 is 11.6 Å². The summed E-state index contributed by atoms with van der Waals surface area (Å²) in [5.41, 5.74) is 7.25. The van der Waals surface area contributed by atoms with Crippen molar-refractivity contribution in [2.75, 3.05) is 13.1 Å². The summed E-state index contributed by atoms with van der Waals surface area (Å²) in [5, 5.41) is 12.0. The summed E-state index contributed by atoms with van der Waals surface area (Å²) in [6.45, 7) is 1.32. The van der Waals surface area contributed by atoms with Gasteiger partial charge in [0.15, 0.2) is 0 Å². The van der Waals surface area contributed by atoms with Crippen molar-refractivity contribution in [3.05, 3.63) is 35.9 Å². The van der Waals surface area contributed by atoms with Gasteiger partial charge < -0.3 is 10.8 Å². The van der Waals surface area contributed by atoms with Gasteiger partial charge in [-0.25, -0.2) is 5.01 Å². The minimum atomic E-state index is -0.584. The highest BCUT2D eigenvalue weighted by Crippen LogP contribution is 2.23. The normalized spacial score (nSPS) is 18.7. The molecular formula is C17H30ClN3O. The molecule has 0 amide bonds. The Balaban J connectivity index is 0.00000242. The Hall–Kier alpha value is -0.650. The van der Waals surface area contributed by atoms with Gasteiger partial charge in [0, 0.05) is 19.1 Å². The van der Waals surface area contributed by atoms with E-state index in [9.17, 15) is 5.11 Å². The molecule has 0 unspecified atom stereocenters. The van der Waals surface area contributed by atoms with E-state index < -0.39 is 6.10 Å². The second-order valence-corrected chi connectivity index (χ2v) is 6.38. The van der Waals surface area contributed by atoms with Crippen LogP contribution in [0.2, 0.25) is 0 Å². The highest BCUT2D eigenvalue weighted by Gasteiger charge is 2.20. The summed E-state index contributed by atoms with van der Waals surface area (Å²) in [7, 11) is 0. The molecule has 0 bridgehead atoms. The Labute approximate surface area is 140 Å². The minimum absolute atomic E-state index is 0. The van der Waals surface area contributed by atoms with Crippen molar-refractivity contribution in [1.82, 2.24) is 5.01 Å². The molecule has 1 fully saturated rings. The molecule has 4 nitrogen and oxygen atoms in total. The molecule has 0 saturated heterocycles. The quantitative estimate of drug-likeness (QED) is 0.529. The number of aliphatic hydroxyl groups excluding tert-OH is 1. The number of nitrogens with two attached hydrogens (primary N) is 2. The maximum absolute atomic E-state index is 10.2. The molecule has 0 aromatic heterocycles. The van der Waals surface area contributed by atoms with Crippen molar-refractivity contribution in [2.24, 2.45) is 17.5 Å². The fourth-order valence-electron chi connectivity index (χ4n) is 3.17. The average molecular weight is 328 g/mol. The van der Waals surface area contributed by atoms with E-state index >= 15 is 0 Å². The topological polar surface area (TPSA) is 75.5 Å². The van der Waals surface area contributed by atoms with Gasteiger partial charge in [-0.3, -0.25) is 5.84 Å². The lowest BCUT2D eigenvalue weighted by molar-refractivity contribution is 0.0792. The van der Waals surface area contributed by atoms with Gasteiger partial charge in [0.25, 0.3) is 0 Å². The molecule has 1 aliphatic carbocycles. The number of hydrogen-bond donors (Lipinski definition) is 3. The fourth-order valence-corrected chi connectivity index (χ4v) is 3.17. The van der Waals surface area contributed by atoms with Crippen LogP contribution in [0.5, 0.6) is 0 Å². The molecule has 1 aliphatic rings. The van der Waals surface area contributed by atoms with Gasteiger partial charge in [-0.1, -0.05) is 49.6 Å². The Bertz CT molecular complexity index is 398. The zero-order chi connectivity index (χ0) is 15.1. The SMILES string of the molecule is Cl.N[C@@H](Cc1ccccc1)[C@@H](O)CN(N)CC1CCCCC1. The van der Waals surface area contributed by atoms with Crippen LogP contribution in [0.3, 0.4) is 0 Å². The lowest BCUT2D eigenvalue weighted by Crippen LogP contribution is -2.48. The van der Waals surface area contributed by atoms with E-state index in [1.54, 1.807) is 5.01 Å². The number of rotatable bonds is 7. The van der Waals surface area contributed by atoms with Crippen molar-refractivity contribution < 1.29 is 5.11 Å². The highest BCUT2D eigenvalue weighted by molar-refractivity contribution is 5.85. The average Bonchev–Trinajstić information content (AvgIpc) is 2.49. The molecule has 1 aromatic rings. The molecule has 2 atom stereocenters. The molecule has 0 aliphatic heterocycles. The standard InChI is InChI=1S/C17H29N3O.ClH/c18-16(11-14-7-3-1-4-8-14)17(21)13-20(19)12-15-9-5-2-6-10-15;/h1,3-4,7-8,15-17,21H,2,5-6,9-13,18-19H2;1H/t16-,17-;/m0./s1. The maximum Gasteiger partial charge on any atom is 0.0834 e. The third-order valence-corrected chi connectivity index (χ3v) is 4.45. The monoisotopic (exact) mass is 327 g/mol. The van der Waals surface area contributed by atoms with Crippen LogP contribution >= 0.6 is 12.4 Å². The number of aliphatic hydroxyl groups is 1. The number of nitrogens with zero attached hydrogens (tertiary/aromatic N) is 1. The summed E-state index contributed by atoms with van der Waals surface area (Å²) >= 11 is 0. The first-order valence-electron chi connectivity index (χ1n) is 8.12. The molecule has 0 heterocycles. The maximum atomic E-state index is 10.2. The summed E-state index contributed by atoms with van der Waals surface area (Å²) in [6, 6.07) is 9.77. The van der Waals surface area contributed by atoms with Crippen LogP contribution in [-0.4, -0.2) is 35.4 Å². The zero-order valence-corrected chi connectivity index (χ0v) is 14.0. The van der Waals surface area contributed by atoms with Crippen LogP contribution in [0.15, 0.2) is 30.3 Å². The third kappa shape index (κ3) is 6.63. The number of hydrogen-bond acceptors (Lipinski definition) is 4. The Morgan fingerprint density at radius 2 is 1.77 bits per heavy atom. The Morgan fingerprint density at radius 1 is 1.14 bits per heavy atom. The first kappa shape index (κ1) is 19.4. The summed E-state index contributed by atoms with van der Waals surface area (Å²) < 4.78 is 0. The van der Waals surface area contributed by atoms with Crippen LogP contribution in [0.4, 0.5) is 0 Å². The summed E-state index contributed by atoms with van der Waals surface area (Å²) in [6.07, 6.45) is 6.60. The minimum Gasteiger partial charge on any atom is -0.390 e. The second kappa shape index (κ2) is 10.2. The van der Waals surface area contributed by atoms with E-state index in [4.69, 9.17) is 11.6 Å².